The van der Waals surface area contributed by atoms with E-state index in [2.05, 4.69) is 24.4 Å². The third-order valence-corrected chi connectivity index (χ3v) is 2.98. The van der Waals surface area contributed by atoms with Gasteiger partial charge in [0.2, 0.25) is 0 Å². The van der Waals surface area contributed by atoms with E-state index in [-0.39, 0.29) is 0 Å². The lowest BCUT2D eigenvalue weighted by Gasteiger charge is -2.10. The van der Waals surface area contributed by atoms with Gasteiger partial charge in [-0.2, -0.15) is 0 Å². The zero-order valence-electron chi connectivity index (χ0n) is 10.5. The van der Waals surface area contributed by atoms with Crippen molar-refractivity contribution in [3.63, 3.8) is 0 Å². The molecule has 0 amide bonds. The van der Waals surface area contributed by atoms with Crippen LogP contribution >= 0.6 is 0 Å². The number of nitrogens with one attached hydrogen (secondary N) is 1. The van der Waals surface area contributed by atoms with Crippen molar-refractivity contribution in [3.05, 3.63) is 65.2 Å². The highest BCUT2D eigenvalue weighted by Gasteiger charge is 2.02. The van der Waals surface area contributed by atoms with Gasteiger partial charge in [0.15, 0.2) is 6.29 Å². The molecule has 1 N–H and O–H groups in total. The van der Waals surface area contributed by atoms with E-state index in [0.717, 1.165) is 24.9 Å². The first-order valence-electron chi connectivity index (χ1n) is 6.19. The van der Waals surface area contributed by atoms with E-state index in [0.29, 0.717) is 5.56 Å². The fraction of sp³-hybridized carbons (Fsp3) is 0.188. The van der Waals surface area contributed by atoms with Crippen molar-refractivity contribution in [3.8, 4) is 0 Å². The molecule has 2 nitrogen and oxygen atoms in total. The molecular formula is C16H17NO. The van der Waals surface area contributed by atoms with Crippen LogP contribution in [0.3, 0.4) is 0 Å². The molecule has 0 radical (unpaired) electrons. The summed E-state index contributed by atoms with van der Waals surface area (Å²) in [6, 6.07) is 16.1. The number of rotatable bonds is 5. The summed E-state index contributed by atoms with van der Waals surface area (Å²) in [6.07, 6.45) is 1.87. The third-order valence-electron chi connectivity index (χ3n) is 2.98. The summed E-state index contributed by atoms with van der Waals surface area (Å²) in [5, 5.41) is 3.32. The van der Waals surface area contributed by atoms with Gasteiger partial charge in [0.25, 0.3) is 0 Å². The van der Waals surface area contributed by atoms with Gasteiger partial charge >= 0.3 is 0 Å². The van der Waals surface area contributed by atoms with E-state index >= 15 is 0 Å². The van der Waals surface area contributed by atoms with Gasteiger partial charge in [-0.25, -0.2) is 0 Å². The minimum atomic E-state index is 0.711. The summed E-state index contributed by atoms with van der Waals surface area (Å²) >= 11 is 0. The normalized spacial score (nSPS) is 10.1. The van der Waals surface area contributed by atoms with Gasteiger partial charge in [-0.1, -0.05) is 43.3 Å². The van der Waals surface area contributed by atoms with E-state index in [1.54, 1.807) is 0 Å². The van der Waals surface area contributed by atoms with Crippen molar-refractivity contribution >= 4 is 12.0 Å². The van der Waals surface area contributed by atoms with Crippen LogP contribution in [0, 0.1) is 0 Å². The van der Waals surface area contributed by atoms with Gasteiger partial charge in [0, 0.05) is 17.8 Å². The molecule has 2 heteroatoms. The molecule has 0 heterocycles. The largest absolute Gasteiger partial charge is 0.380 e. The number of benzene rings is 2. The summed E-state index contributed by atoms with van der Waals surface area (Å²) < 4.78 is 0. The van der Waals surface area contributed by atoms with Crippen LogP contribution in [0.4, 0.5) is 5.69 Å². The Hall–Kier alpha value is -2.09. The zero-order chi connectivity index (χ0) is 12.8. The van der Waals surface area contributed by atoms with Gasteiger partial charge in [-0.05, 0) is 29.7 Å². The number of carbonyl (C=O) groups is 1. The predicted octanol–water partition coefficient (Wildman–Crippen LogP) is 3.67. The Morgan fingerprint density at radius 1 is 1.06 bits per heavy atom. The van der Waals surface area contributed by atoms with Crippen LogP contribution in [0.1, 0.15) is 28.4 Å². The SMILES string of the molecule is CCc1ccc(C=O)c(NCc2ccccc2)c1. The molecule has 92 valence electrons. The lowest BCUT2D eigenvalue weighted by molar-refractivity contribution is 0.112. The molecule has 0 spiro atoms. The van der Waals surface area contributed by atoms with Crippen LogP contribution in [0.2, 0.25) is 0 Å². The number of carbonyl (C=O) groups excluding carboxylic acids is 1. The van der Waals surface area contributed by atoms with Crippen molar-refractivity contribution in [1.29, 1.82) is 0 Å². The number of anilines is 1. The number of hydrogen-bond acceptors (Lipinski definition) is 2. The highest BCUT2D eigenvalue weighted by Crippen LogP contribution is 2.17. The molecule has 0 aliphatic carbocycles. The summed E-state index contributed by atoms with van der Waals surface area (Å²) in [7, 11) is 0. The van der Waals surface area contributed by atoms with E-state index in [1.807, 2.05) is 36.4 Å². The molecule has 2 rings (SSSR count). The number of hydrogen-bond donors (Lipinski definition) is 1. The van der Waals surface area contributed by atoms with E-state index in [9.17, 15) is 4.79 Å². The Bertz CT molecular complexity index is 520. The maximum Gasteiger partial charge on any atom is 0.152 e. The molecular weight excluding hydrogens is 222 g/mol. The average Bonchev–Trinajstić information content (AvgIpc) is 2.45. The molecule has 0 saturated carbocycles. The van der Waals surface area contributed by atoms with Crippen molar-refractivity contribution in [1.82, 2.24) is 0 Å². The van der Waals surface area contributed by atoms with Crippen molar-refractivity contribution < 1.29 is 4.79 Å². The summed E-state index contributed by atoms with van der Waals surface area (Å²) in [6.45, 7) is 2.84. The maximum absolute atomic E-state index is 11.0. The van der Waals surface area contributed by atoms with Crippen molar-refractivity contribution in [2.24, 2.45) is 0 Å². The van der Waals surface area contributed by atoms with Crippen molar-refractivity contribution in [2.75, 3.05) is 5.32 Å². The monoisotopic (exact) mass is 239 g/mol. The molecule has 2 aromatic rings. The van der Waals surface area contributed by atoms with Crippen LogP contribution in [0.25, 0.3) is 0 Å². The standard InChI is InChI=1S/C16H17NO/c1-2-13-8-9-15(12-18)16(10-13)17-11-14-6-4-3-5-7-14/h3-10,12,17H,2,11H2,1H3. The molecule has 0 unspecified atom stereocenters. The molecule has 18 heavy (non-hydrogen) atoms. The van der Waals surface area contributed by atoms with Gasteiger partial charge in [-0.15, -0.1) is 0 Å². The molecule has 0 aliphatic rings. The quantitative estimate of drug-likeness (QED) is 0.806. The Morgan fingerprint density at radius 3 is 2.50 bits per heavy atom. The third kappa shape index (κ3) is 2.98. The number of aryl methyl sites for hydroxylation is 1. The Kier molecular flexibility index (Phi) is 4.13. The molecule has 0 bridgehead atoms. The molecule has 0 saturated heterocycles. The first-order valence-corrected chi connectivity index (χ1v) is 6.19. The first-order chi connectivity index (χ1) is 8.83. The zero-order valence-corrected chi connectivity index (χ0v) is 10.5. The lowest BCUT2D eigenvalue weighted by atomic mass is 10.1. The molecule has 0 atom stereocenters. The smallest absolute Gasteiger partial charge is 0.152 e. The maximum atomic E-state index is 11.0. The number of aldehydes is 1. The van der Waals surface area contributed by atoms with Crippen molar-refractivity contribution in [2.45, 2.75) is 19.9 Å². The highest BCUT2D eigenvalue weighted by atomic mass is 16.1. The fourth-order valence-electron chi connectivity index (χ4n) is 1.87. The van der Waals surface area contributed by atoms with Gasteiger partial charge in [-0.3, -0.25) is 4.79 Å². The molecule has 0 aromatic heterocycles. The van der Waals surface area contributed by atoms with Crippen LogP contribution in [-0.2, 0) is 13.0 Å². The van der Waals surface area contributed by atoms with E-state index in [4.69, 9.17) is 0 Å². The van der Waals surface area contributed by atoms with Crippen LogP contribution < -0.4 is 5.32 Å². The summed E-state index contributed by atoms with van der Waals surface area (Å²) in [4.78, 5) is 11.0. The van der Waals surface area contributed by atoms with E-state index < -0.39 is 0 Å². The van der Waals surface area contributed by atoms with Crippen LogP contribution in [0.15, 0.2) is 48.5 Å². The highest BCUT2D eigenvalue weighted by molar-refractivity contribution is 5.84. The van der Waals surface area contributed by atoms with Gasteiger partial charge in [0.05, 0.1) is 0 Å². The second kappa shape index (κ2) is 6.01. The van der Waals surface area contributed by atoms with Crippen LogP contribution in [0.5, 0.6) is 0 Å². The summed E-state index contributed by atoms with van der Waals surface area (Å²) in [5.41, 5.74) is 4.06. The van der Waals surface area contributed by atoms with E-state index in [1.165, 1.54) is 11.1 Å². The summed E-state index contributed by atoms with van der Waals surface area (Å²) in [5.74, 6) is 0. The van der Waals surface area contributed by atoms with Gasteiger partial charge in [0.1, 0.15) is 0 Å². The van der Waals surface area contributed by atoms with Crippen LogP contribution in [-0.4, -0.2) is 6.29 Å². The molecule has 0 aliphatic heterocycles. The Balaban J connectivity index is 2.15. The Labute approximate surface area is 108 Å². The minimum Gasteiger partial charge on any atom is -0.380 e. The van der Waals surface area contributed by atoms with Gasteiger partial charge < -0.3 is 5.32 Å². The first kappa shape index (κ1) is 12.4. The lowest BCUT2D eigenvalue weighted by Crippen LogP contribution is -2.02. The topological polar surface area (TPSA) is 29.1 Å². The second-order valence-corrected chi connectivity index (χ2v) is 4.23. The minimum absolute atomic E-state index is 0.711. The average molecular weight is 239 g/mol. The Morgan fingerprint density at radius 2 is 1.83 bits per heavy atom. The second-order valence-electron chi connectivity index (χ2n) is 4.23. The molecule has 0 fully saturated rings. The fourth-order valence-corrected chi connectivity index (χ4v) is 1.87. The molecule has 2 aromatic carbocycles. The predicted molar refractivity (Wildman–Crippen MR) is 75.0 cm³/mol.